The third-order valence-electron chi connectivity index (χ3n) is 8.52. The Bertz CT molecular complexity index is 2050. The highest BCUT2D eigenvalue weighted by atomic mass is 15.0. The van der Waals surface area contributed by atoms with Crippen molar-refractivity contribution in [2.75, 3.05) is 0 Å². The van der Waals surface area contributed by atoms with Gasteiger partial charge in [-0.15, -0.1) is 0 Å². The molecule has 0 radical (unpaired) electrons. The van der Waals surface area contributed by atoms with Gasteiger partial charge in [0.25, 0.3) is 0 Å². The Kier molecular flexibility index (Phi) is 4.99. The molecule has 2 aromatic heterocycles. The normalized spacial score (nSPS) is 11.8. The van der Waals surface area contributed by atoms with E-state index in [4.69, 9.17) is 0 Å². The molecule has 0 amide bonds. The van der Waals surface area contributed by atoms with E-state index < -0.39 is 0 Å². The molecule has 0 saturated heterocycles. The van der Waals surface area contributed by atoms with E-state index in [0.717, 1.165) is 0 Å². The summed E-state index contributed by atoms with van der Waals surface area (Å²) in [4.78, 5) is 0. The van der Waals surface area contributed by atoms with E-state index in [1.54, 1.807) is 0 Å². The Morgan fingerprint density at radius 3 is 1.15 bits per heavy atom. The van der Waals surface area contributed by atoms with Crippen LogP contribution in [0.4, 0.5) is 0 Å². The van der Waals surface area contributed by atoms with Gasteiger partial charge < -0.3 is 9.13 Å². The lowest BCUT2D eigenvalue weighted by Crippen LogP contribution is -1.95. The van der Waals surface area contributed by atoms with Gasteiger partial charge in [0.05, 0.1) is 22.1 Å². The molecule has 2 heteroatoms. The highest BCUT2D eigenvalue weighted by Crippen LogP contribution is 2.42. The summed E-state index contributed by atoms with van der Waals surface area (Å²) in [5.41, 5.74) is 12.6. The number of rotatable bonds is 3. The van der Waals surface area contributed by atoms with Crippen LogP contribution in [0.1, 0.15) is 11.1 Å². The van der Waals surface area contributed by atoms with E-state index in [9.17, 15) is 0 Å². The smallest absolute Gasteiger partial charge is 0.0544 e. The van der Waals surface area contributed by atoms with Gasteiger partial charge in [-0.25, -0.2) is 0 Å². The van der Waals surface area contributed by atoms with Gasteiger partial charge in [0.15, 0.2) is 0 Å². The summed E-state index contributed by atoms with van der Waals surface area (Å²) >= 11 is 0. The van der Waals surface area contributed by atoms with Crippen LogP contribution in [0, 0.1) is 13.8 Å². The van der Waals surface area contributed by atoms with Gasteiger partial charge in [-0.05, 0) is 84.6 Å². The quantitative estimate of drug-likeness (QED) is 0.223. The molecule has 0 bridgehead atoms. The molecule has 0 spiro atoms. The summed E-state index contributed by atoms with van der Waals surface area (Å²) in [6, 6.07) is 48.2. The molecule has 0 saturated carbocycles. The van der Waals surface area contributed by atoms with Crippen LogP contribution in [0.25, 0.3) is 66.1 Å². The molecule has 0 N–H and O–H groups in total. The molecule has 8 aromatic rings. The summed E-state index contributed by atoms with van der Waals surface area (Å²) in [7, 11) is 0. The minimum atomic E-state index is 1.19. The van der Waals surface area contributed by atoms with Crippen molar-refractivity contribution in [3.8, 4) is 22.5 Å². The van der Waals surface area contributed by atoms with Crippen molar-refractivity contribution in [3.05, 3.63) is 145 Å². The summed E-state index contributed by atoms with van der Waals surface area (Å²) in [5, 5.41) is 5.23. The molecule has 2 nitrogen and oxygen atoms in total. The maximum atomic E-state index is 2.39. The maximum Gasteiger partial charge on any atom is 0.0544 e. The van der Waals surface area contributed by atoms with Gasteiger partial charge in [0.2, 0.25) is 0 Å². The Morgan fingerprint density at radius 1 is 0.350 bits per heavy atom. The fourth-order valence-corrected chi connectivity index (χ4v) is 6.76. The Balaban J connectivity index is 1.43. The van der Waals surface area contributed by atoms with Crippen LogP contribution in [-0.2, 0) is 0 Å². The average Bonchev–Trinajstić information content (AvgIpc) is 3.53. The van der Waals surface area contributed by atoms with Crippen LogP contribution in [0.15, 0.2) is 133 Å². The van der Waals surface area contributed by atoms with Crippen LogP contribution < -0.4 is 0 Å². The molecular formula is C38H28N2. The second-order valence-electron chi connectivity index (χ2n) is 10.6. The number of fused-ring (bicyclic) bond motifs is 6. The van der Waals surface area contributed by atoms with Crippen LogP contribution in [0.2, 0.25) is 0 Å². The molecule has 0 atom stereocenters. The number of aromatic nitrogens is 2. The number of hydrogen-bond donors (Lipinski definition) is 0. The molecule has 2 heterocycles. The largest absolute Gasteiger partial charge is 0.309 e. The summed E-state index contributed by atoms with van der Waals surface area (Å²) in [6.45, 7) is 4.58. The molecule has 190 valence electrons. The van der Waals surface area contributed by atoms with E-state index in [2.05, 4.69) is 156 Å². The maximum absolute atomic E-state index is 2.39. The minimum absolute atomic E-state index is 1.19. The van der Waals surface area contributed by atoms with Crippen LogP contribution in [0.5, 0.6) is 0 Å². The Labute approximate surface area is 233 Å². The molecule has 8 rings (SSSR count). The van der Waals surface area contributed by atoms with Crippen molar-refractivity contribution in [1.82, 2.24) is 9.13 Å². The zero-order valence-corrected chi connectivity index (χ0v) is 22.6. The van der Waals surface area contributed by atoms with Gasteiger partial charge >= 0.3 is 0 Å². The van der Waals surface area contributed by atoms with Gasteiger partial charge in [-0.2, -0.15) is 0 Å². The van der Waals surface area contributed by atoms with E-state index >= 15 is 0 Å². The summed E-state index contributed by atoms with van der Waals surface area (Å²) < 4.78 is 4.79. The van der Waals surface area contributed by atoms with E-state index in [0.29, 0.717) is 0 Å². The molecule has 0 aliphatic carbocycles. The minimum Gasteiger partial charge on any atom is -0.309 e. The molecule has 0 fully saturated rings. The topological polar surface area (TPSA) is 9.86 Å². The monoisotopic (exact) mass is 512 g/mol. The zero-order valence-electron chi connectivity index (χ0n) is 22.6. The average molecular weight is 513 g/mol. The van der Waals surface area contributed by atoms with Crippen LogP contribution in [0.3, 0.4) is 0 Å². The van der Waals surface area contributed by atoms with Crippen molar-refractivity contribution < 1.29 is 0 Å². The number of aryl methyl sites for hydroxylation is 2. The third kappa shape index (κ3) is 3.17. The van der Waals surface area contributed by atoms with Gasteiger partial charge in [0, 0.05) is 32.9 Å². The second-order valence-corrected chi connectivity index (χ2v) is 10.6. The summed E-state index contributed by atoms with van der Waals surface area (Å²) in [6.07, 6.45) is 0. The number of nitrogens with zero attached hydrogens (tertiary/aromatic N) is 2. The highest BCUT2D eigenvalue weighted by molar-refractivity contribution is 6.15. The first-order chi connectivity index (χ1) is 19.7. The third-order valence-corrected chi connectivity index (χ3v) is 8.52. The second kappa shape index (κ2) is 8.72. The number of para-hydroxylation sites is 4. The van der Waals surface area contributed by atoms with Crippen LogP contribution in [-0.4, -0.2) is 9.13 Å². The molecule has 6 aromatic carbocycles. The predicted molar refractivity (Wildman–Crippen MR) is 170 cm³/mol. The molecule has 40 heavy (non-hydrogen) atoms. The predicted octanol–water partition coefficient (Wildman–Crippen LogP) is 10.2. The zero-order chi connectivity index (χ0) is 26.8. The first kappa shape index (κ1) is 22.9. The van der Waals surface area contributed by atoms with Gasteiger partial charge in [-0.1, -0.05) is 84.9 Å². The SMILES string of the molecule is Cc1c(-c2ccc3c(c2C)c2ccccc2n3-c2ccccc2)ccc2c1c1ccccc1n2-c1ccccc1. The van der Waals surface area contributed by atoms with E-state index in [1.165, 1.54) is 77.2 Å². The van der Waals surface area contributed by atoms with Crippen molar-refractivity contribution in [2.24, 2.45) is 0 Å². The first-order valence-electron chi connectivity index (χ1n) is 13.9. The fraction of sp³-hybridized carbons (Fsp3) is 0.0526. The van der Waals surface area contributed by atoms with Gasteiger partial charge in [0.1, 0.15) is 0 Å². The highest BCUT2D eigenvalue weighted by Gasteiger charge is 2.20. The van der Waals surface area contributed by atoms with Crippen LogP contribution >= 0.6 is 0 Å². The Hall–Kier alpha value is -5.08. The number of hydrogen-bond acceptors (Lipinski definition) is 0. The van der Waals surface area contributed by atoms with Crippen molar-refractivity contribution >= 4 is 43.6 Å². The lowest BCUT2D eigenvalue weighted by atomic mass is 9.91. The van der Waals surface area contributed by atoms with E-state index in [1.807, 2.05) is 0 Å². The van der Waals surface area contributed by atoms with Crippen molar-refractivity contribution in [2.45, 2.75) is 13.8 Å². The first-order valence-corrected chi connectivity index (χ1v) is 13.9. The lowest BCUT2D eigenvalue weighted by molar-refractivity contribution is 1.18. The van der Waals surface area contributed by atoms with Gasteiger partial charge in [-0.3, -0.25) is 0 Å². The Morgan fingerprint density at radius 2 is 0.725 bits per heavy atom. The molecule has 0 aliphatic heterocycles. The molecule has 0 unspecified atom stereocenters. The van der Waals surface area contributed by atoms with Crippen molar-refractivity contribution in [1.29, 1.82) is 0 Å². The lowest BCUT2D eigenvalue weighted by Gasteiger charge is -2.14. The fourth-order valence-electron chi connectivity index (χ4n) is 6.76. The number of benzene rings is 6. The molecule has 0 aliphatic rings. The summed E-state index contributed by atoms with van der Waals surface area (Å²) in [5.74, 6) is 0. The van der Waals surface area contributed by atoms with E-state index in [-0.39, 0.29) is 0 Å². The standard InChI is InChI=1S/C38H28N2/c1-25-29(21-23-35-37(25)31-17-9-11-19-33(31)39(35)27-13-5-3-6-14-27)30-22-24-36-38(26(30)2)32-18-10-12-20-34(32)40(36)28-15-7-4-8-16-28/h3-24H,1-2H3. The van der Waals surface area contributed by atoms with Crippen molar-refractivity contribution in [3.63, 3.8) is 0 Å². The molecular weight excluding hydrogens is 484 g/mol.